The predicted octanol–water partition coefficient (Wildman–Crippen LogP) is 20.8. The van der Waals surface area contributed by atoms with Crippen molar-refractivity contribution >= 4 is 65.4 Å². The van der Waals surface area contributed by atoms with Crippen LogP contribution in [0.4, 0.5) is 0 Å². The van der Waals surface area contributed by atoms with Gasteiger partial charge in [-0.05, 0) is 154 Å². The maximum atomic E-state index is 4.88. The molecule has 0 saturated carbocycles. The monoisotopic (exact) mass is 1220 g/mol. The fourth-order valence-corrected chi connectivity index (χ4v) is 14.5. The number of benzene rings is 9. The first kappa shape index (κ1) is 55.1. The lowest BCUT2D eigenvalue weighted by Crippen LogP contribution is -2.03. The lowest BCUT2D eigenvalue weighted by Gasteiger charge is -2.21. The van der Waals surface area contributed by atoms with E-state index in [-0.39, 0.29) is 0 Å². The van der Waals surface area contributed by atoms with E-state index < -0.39 is 0 Å². The first-order chi connectivity index (χ1) is 47.1. The van der Waals surface area contributed by atoms with Crippen LogP contribution in [0.2, 0.25) is 0 Å². The molecular formula is C86H57N9. The van der Waals surface area contributed by atoms with Gasteiger partial charge in [0.2, 0.25) is 0 Å². The Morgan fingerprint density at radius 3 is 1.01 bits per heavy atom. The standard InChI is InChI=1S/C86H57N9/c1-3-19-65(70-36-34-59(76-25-12-15-42-91-76)51-85(70)94-79-28-9-6-22-68(79)73-54-88-45-39-82(73)94)63(17-1)61-47-56(30-31-57-32-33-58(75-24-11-14-41-90-75)50-84(57)93-78-27-8-5-21-67(78)72-53-87-44-38-81(72)93)48-62(49-61)64-18-2-4-20-66(64)71-37-35-60(77-26-13-16-43-92-77)52-86(71)95-80-29-10-7-23-69(80)74-55-89-46-40-83(74)95/h1-29,32-55H,30-31H2. The maximum Gasteiger partial charge on any atom is 0.0702 e. The third kappa shape index (κ3) is 9.55. The average Bonchev–Trinajstić information content (AvgIpc) is 1.69. The van der Waals surface area contributed by atoms with Crippen molar-refractivity contribution in [2.24, 2.45) is 0 Å². The summed E-state index contributed by atoms with van der Waals surface area (Å²) >= 11 is 0. The summed E-state index contributed by atoms with van der Waals surface area (Å²) in [5.41, 5.74) is 26.9. The fraction of sp³-hybridized carbons (Fsp3) is 0.0233. The zero-order chi connectivity index (χ0) is 62.8. The minimum atomic E-state index is 0.735. The molecule has 9 heteroatoms. The third-order valence-electron chi connectivity index (χ3n) is 18.8. The SMILES string of the molecule is c1ccc(-c2ccc(CCc3cc(-c4ccccc4-c4ccc(-c5ccccn5)cc4-n4c5ccccc5c5cnccc54)cc(-c4ccccc4-c4ccc(-c5ccccn5)cc4-n4c5ccccc5c5cnccc54)c3)c(-n3c4ccccc4c4cnccc43)c2)nc1. The summed E-state index contributed by atoms with van der Waals surface area (Å²) in [6.07, 6.45) is 18.8. The highest BCUT2D eigenvalue weighted by atomic mass is 15.0. The predicted molar refractivity (Wildman–Crippen MR) is 388 cm³/mol. The van der Waals surface area contributed by atoms with Crippen molar-refractivity contribution in [2.45, 2.75) is 12.8 Å². The van der Waals surface area contributed by atoms with E-state index in [1.54, 1.807) is 0 Å². The molecule has 0 atom stereocenters. The number of aryl methyl sites for hydroxylation is 2. The van der Waals surface area contributed by atoms with Crippen LogP contribution in [-0.4, -0.2) is 43.6 Å². The minimum absolute atomic E-state index is 0.735. The van der Waals surface area contributed by atoms with E-state index >= 15 is 0 Å². The Morgan fingerprint density at radius 2 is 0.589 bits per heavy atom. The average molecular weight is 1220 g/mol. The molecule has 9 aromatic heterocycles. The van der Waals surface area contributed by atoms with Crippen LogP contribution >= 0.6 is 0 Å². The fourth-order valence-electron chi connectivity index (χ4n) is 14.5. The molecule has 446 valence electrons. The molecule has 0 amide bonds. The summed E-state index contributed by atoms with van der Waals surface area (Å²) in [6.45, 7) is 0. The summed E-state index contributed by atoms with van der Waals surface area (Å²) in [7, 11) is 0. The number of para-hydroxylation sites is 3. The van der Waals surface area contributed by atoms with Gasteiger partial charge in [-0.3, -0.25) is 29.9 Å². The molecule has 0 fully saturated rings. The third-order valence-corrected chi connectivity index (χ3v) is 18.8. The van der Waals surface area contributed by atoms with Crippen molar-refractivity contribution in [1.82, 2.24) is 43.6 Å². The van der Waals surface area contributed by atoms with Crippen LogP contribution in [0.25, 0.3) is 161 Å². The Bertz CT molecular complexity index is 5560. The number of fused-ring (bicyclic) bond motifs is 9. The van der Waals surface area contributed by atoms with Crippen LogP contribution in [0, 0.1) is 0 Å². The van der Waals surface area contributed by atoms with Gasteiger partial charge in [0, 0.05) is 116 Å². The van der Waals surface area contributed by atoms with Crippen molar-refractivity contribution in [1.29, 1.82) is 0 Å². The Balaban J connectivity index is 0.858. The zero-order valence-corrected chi connectivity index (χ0v) is 51.5. The van der Waals surface area contributed by atoms with Gasteiger partial charge in [0.25, 0.3) is 0 Å². The molecule has 9 aromatic carbocycles. The topological polar surface area (TPSA) is 92.1 Å². The highest BCUT2D eigenvalue weighted by Gasteiger charge is 2.24. The molecule has 9 nitrogen and oxygen atoms in total. The van der Waals surface area contributed by atoms with E-state index in [1.165, 1.54) is 11.1 Å². The molecule has 0 unspecified atom stereocenters. The van der Waals surface area contributed by atoms with Gasteiger partial charge >= 0.3 is 0 Å². The van der Waals surface area contributed by atoms with Crippen LogP contribution in [0.3, 0.4) is 0 Å². The van der Waals surface area contributed by atoms with Crippen LogP contribution in [0.1, 0.15) is 11.1 Å². The summed E-state index contributed by atoms with van der Waals surface area (Å²) < 4.78 is 7.26. The molecular weight excluding hydrogens is 1160 g/mol. The lowest BCUT2D eigenvalue weighted by atomic mass is 9.87. The number of pyridine rings is 6. The van der Waals surface area contributed by atoms with Crippen molar-refractivity contribution in [2.75, 3.05) is 0 Å². The van der Waals surface area contributed by atoms with E-state index in [0.29, 0.717) is 0 Å². The number of hydrogen-bond acceptors (Lipinski definition) is 6. The van der Waals surface area contributed by atoms with Gasteiger partial charge in [0.15, 0.2) is 0 Å². The molecule has 0 aliphatic rings. The molecule has 18 rings (SSSR count). The van der Waals surface area contributed by atoms with Crippen LogP contribution < -0.4 is 0 Å². The first-order valence-corrected chi connectivity index (χ1v) is 32.1. The van der Waals surface area contributed by atoms with E-state index in [1.807, 2.05) is 74.0 Å². The number of aromatic nitrogens is 9. The second kappa shape index (κ2) is 23.2. The normalized spacial score (nSPS) is 11.7. The van der Waals surface area contributed by atoms with Crippen molar-refractivity contribution in [3.8, 4) is 95.3 Å². The van der Waals surface area contributed by atoms with E-state index in [2.05, 4.69) is 277 Å². The van der Waals surface area contributed by atoms with Gasteiger partial charge in [-0.2, -0.15) is 0 Å². The van der Waals surface area contributed by atoms with Gasteiger partial charge in [-0.25, -0.2) is 0 Å². The largest absolute Gasteiger partial charge is 0.309 e. The summed E-state index contributed by atoms with van der Waals surface area (Å²) in [4.78, 5) is 28.5. The molecule has 0 N–H and O–H groups in total. The second-order valence-electron chi connectivity index (χ2n) is 24.2. The van der Waals surface area contributed by atoms with Crippen LogP contribution in [-0.2, 0) is 12.8 Å². The molecule has 18 aromatic rings. The summed E-state index contributed by atoms with van der Waals surface area (Å²) in [6, 6.07) is 96.5. The first-order valence-electron chi connectivity index (χ1n) is 32.1. The molecule has 0 bridgehead atoms. The molecule has 95 heavy (non-hydrogen) atoms. The van der Waals surface area contributed by atoms with Crippen molar-refractivity contribution in [3.63, 3.8) is 0 Å². The van der Waals surface area contributed by atoms with Crippen LogP contribution in [0.5, 0.6) is 0 Å². The molecule has 0 radical (unpaired) electrons. The van der Waals surface area contributed by atoms with E-state index in [4.69, 9.17) is 15.0 Å². The number of hydrogen-bond donors (Lipinski definition) is 0. The van der Waals surface area contributed by atoms with E-state index in [0.717, 1.165) is 174 Å². The smallest absolute Gasteiger partial charge is 0.0702 e. The number of nitrogens with zero attached hydrogens (tertiary/aromatic N) is 9. The Kier molecular flexibility index (Phi) is 13.5. The zero-order valence-electron chi connectivity index (χ0n) is 51.5. The minimum Gasteiger partial charge on any atom is -0.309 e. The summed E-state index contributed by atoms with van der Waals surface area (Å²) in [5.74, 6) is 0. The summed E-state index contributed by atoms with van der Waals surface area (Å²) in [5, 5.41) is 6.74. The van der Waals surface area contributed by atoms with E-state index in [9.17, 15) is 0 Å². The van der Waals surface area contributed by atoms with Crippen molar-refractivity contribution < 1.29 is 0 Å². The van der Waals surface area contributed by atoms with Crippen LogP contribution in [0.15, 0.2) is 323 Å². The van der Waals surface area contributed by atoms with Gasteiger partial charge in [-0.15, -0.1) is 0 Å². The highest BCUT2D eigenvalue weighted by Crippen LogP contribution is 2.46. The van der Waals surface area contributed by atoms with Gasteiger partial charge in [-0.1, -0.05) is 170 Å². The second-order valence-corrected chi connectivity index (χ2v) is 24.2. The Morgan fingerprint density at radius 1 is 0.232 bits per heavy atom. The van der Waals surface area contributed by atoms with Gasteiger partial charge < -0.3 is 13.7 Å². The quantitative estimate of drug-likeness (QED) is 0.114. The molecule has 9 heterocycles. The molecule has 0 aliphatic carbocycles. The van der Waals surface area contributed by atoms with Gasteiger partial charge in [0.05, 0.1) is 67.2 Å². The maximum absolute atomic E-state index is 4.88. The highest BCUT2D eigenvalue weighted by molar-refractivity contribution is 6.12. The molecule has 0 saturated heterocycles. The van der Waals surface area contributed by atoms with Gasteiger partial charge in [0.1, 0.15) is 0 Å². The molecule has 0 spiro atoms. The Labute approximate surface area is 547 Å². The molecule has 0 aliphatic heterocycles. The van der Waals surface area contributed by atoms with Crippen molar-refractivity contribution in [3.05, 3.63) is 334 Å². The number of rotatable bonds is 13. The lowest BCUT2D eigenvalue weighted by molar-refractivity contribution is 0.943. The Hall–Kier alpha value is -12.7.